The van der Waals surface area contributed by atoms with Crippen LogP contribution in [0, 0.1) is 0 Å². The number of hydrogen-bond donors (Lipinski definition) is 1. The lowest BCUT2D eigenvalue weighted by atomic mass is 10.1. The lowest BCUT2D eigenvalue weighted by molar-refractivity contribution is 0.251. The normalized spacial score (nSPS) is 12.6. The van der Waals surface area contributed by atoms with Gasteiger partial charge >= 0.3 is 0 Å². The van der Waals surface area contributed by atoms with Crippen LogP contribution in [0.4, 0.5) is 8.78 Å². The number of aromatic nitrogens is 2. The molecule has 0 amide bonds. The average molecular weight is 327 g/mol. The standard InChI is InChI=1S/C15H19F2N3OS/c1-10(18-9-12-6-7-19-20(12)2)11-4-5-14(22-15(16)17)13(8-11)21-3/h4-8,10,15,18H,9H2,1-3H3/t10-/m0/s1. The summed E-state index contributed by atoms with van der Waals surface area (Å²) in [7, 11) is 3.38. The number of methoxy groups -OCH3 is 1. The molecule has 4 nitrogen and oxygen atoms in total. The van der Waals surface area contributed by atoms with Gasteiger partial charge in [-0.2, -0.15) is 13.9 Å². The van der Waals surface area contributed by atoms with Gasteiger partial charge in [-0.15, -0.1) is 0 Å². The number of nitrogens with zero attached hydrogens (tertiary/aromatic N) is 2. The Labute approximate surface area is 132 Å². The maximum Gasteiger partial charge on any atom is 0.289 e. The first-order valence-corrected chi connectivity index (χ1v) is 7.72. The average Bonchev–Trinajstić information content (AvgIpc) is 2.90. The van der Waals surface area contributed by atoms with Gasteiger partial charge < -0.3 is 10.1 Å². The zero-order valence-corrected chi connectivity index (χ0v) is 13.5. The molecule has 0 fully saturated rings. The highest BCUT2D eigenvalue weighted by Crippen LogP contribution is 2.35. The molecule has 2 aromatic rings. The lowest BCUT2D eigenvalue weighted by Gasteiger charge is -2.17. The fourth-order valence-electron chi connectivity index (χ4n) is 2.10. The van der Waals surface area contributed by atoms with Gasteiger partial charge in [0.25, 0.3) is 5.76 Å². The van der Waals surface area contributed by atoms with E-state index in [-0.39, 0.29) is 6.04 Å². The summed E-state index contributed by atoms with van der Waals surface area (Å²) in [5.41, 5.74) is 2.06. The van der Waals surface area contributed by atoms with Crippen LogP contribution in [0.5, 0.6) is 5.75 Å². The van der Waals surface area contributed by atoms with Crippen LogP contribution < -0.4 is 10.1 Å². The molecule has 22 heavy (non-hydrogen) atoms. The SMILES string of the molecule is COc1cc([C@H](C)NCc2ccnn2C)ccc1SC(F)F. The van der Waals surface area contributed by atoms with Crippen molar-refractivity contribution in [3.8, 4) is 5.75 Å². The van der Waals surface area contributed by atoms with Gasteiger partial charge in [0, 0.05) is 25.8 Å². The Morgan fingerprint density at radius 1 is 1.36 bits per heavy atom. The first-order valence-electron chi connectivity index (χ1n) is 6.84. The molecule has 1 aromatic heterocycles. The van der Waals surface area contributed by atoms with E-state index in [0.29, 0.717) is 29.0 Å². The minimum absolute atomic E-state index is 0.0643. The van der Waals surface area contributed by atoms with Crippen molar-refractivity contribution in [3.63, 3.8) is 0 Å². The third-order valence-electron chi connectivity index (χ3n) is 3.42. The van der Waals surface area contributed by atoms with Crippen molar-refractivity contribution in [1.82, 2.24) is 15.1 Å². The van der Waals surface area contributed by atoms with Gasteiger partial charge in [-0.25, -0.2) is 0 Å². The maximum absolute atomic E-state index is 12.5. The van der Waals surface area contributed by atoms with E-state index >= 15 is 0 Å². The number of alkyl halides is 2. The first kappa shape index (κ1) is 16.8. The van der Waals surface area contributed by atoms with Crippen molar-refractivity contribution >= 4 is 11.8 Å². The van der Waals surface area contributed by atoms with Gasteiger partial charge in [0.15, 0.2) is 0 Å². The summed E-state index contributed by atoms with van der Waals surface area (Å²) in [5, 5.41) is 7.50. The van der Waals surface area contributed by atoms with Gasteiger partial charge in [0.1, 0.15) is 5.75 Å². The minimum Gasteiger partial charge on any atom is -0.496 e. The zero-order chi connectivity index (χ0) is 16.1. The molecule has 2 rings (SSSR count). The van der Waals surface area contributed by atoms with Crippen LogP contribution in [0.1, 0.15) is 24.2 Å². The number of aryl methyl sites for hydroxylation is 1. The van der Waals surface area contributed by atoms with Crippen LogP contribution >= 0.6 is 11.8 Å². The molecule has 120 valence electrons. The van der Waals surface area contributed by atoms with Crippen LogP contribution in [0.15, 0.2) is 35.4 Å². The van der Waals surface area contributed by atoms with Gasteiger partial charge in [0.05, 0.1) is 17.7 Å². The number of ether oxygens (including phenoxy) is 1. The number of hydrogen-bond acceptors (Lipinski definition) is 4. The second-order valence-electron chi connectivity index (χ2n) is 4.84. The first-order chi connectivity index (χ1) is 10.5. The molecule has 1 atom stereocenters. The molecule has 0 saturated carbocycles. The molecular formula is C15H19F2N3OS. The second kappa shape index (κ2) is 7.60. The second-order valence-corrected chi connectivity index (χ2v) is 5.87. The molecule has 0 bridgehead atoms. The number of rotatable bonds is 7. The molecule has 0 unspecified atom stereocenters. The predicted molar refractivity (Wildman–Crippen MR) is 83.3 cm³/mol. The summed E-state index contributed by atoms with van der Waals surface area (Å²) < 4.78 is 32.0. The quantitative estimate of drug-likeness (QED) is 0.789. The number of thioether (sulfide) groups is 1. The summed E-state index contributed by atoms with van der Waals surface area (Å²) in [4.78, 5) is 0.445. The molecule has 0 saturated heterocycles. The molecule has 1 aromatic carbocycles. The summed E-state index contributed by atoms with van der Waals surface area (Å²) in [6.07, 6.45) is 1.75. The largest absolute Gasteiger partial charge is 0.496 e. The van der Waals surface area contributed by atoms with Crippen molar-refractivity contribution < 1.29 is 13.5 Å². The molecule has 0 spiro atoms. The van der Waals surface area contributed by atoms with Crippen molar-refractivity contribution in [3.05, 3.63) is 41.7 Å². The molecule has 0 radical (unpaired) electrons. The minimum atomic E-state index is -2.46. The topological polar surface area (TPSA) is 39.1 Å². The van der Waals surface area contributed by atoms with Crippen LogP contribution in [0.25, 0.3) is 0 Å². The third kappa shape index (κ3) is 4.20. The van der Waals surface area contributed by atoms with Gasteiger partial charge in [-0.05, 0) is 30.7 Å². The van der Waals surface area contributed by atoms with Gasteiger partial charge in [-0.3, -0.25) is 4.68 Å². The fraction of sp³-hybridized carbons (Fsp3) is 0.400. The van der Waals surface area contributed by atoms with E-state index in [1.54, 1.807) is 18.3 Å². The third-order valence-corrected chi connectivity index (χ3v) is 4.18. The Hall–Kier alpha value is -1.60. The van der Waals surface area contributed by atoms with Crippen LogP contribution in [-0.2, 0) is 13.6 Å². The maximum atomic E-state index is 12.5. The smallest absolute Gasteiger partial charge is 0.289 e. The van der Waals surface area contributed by atoms with Crippen molar-refractivity contribution in [2.45, 2.75) is 30.2 Å². The van der Waals surface area contributed by atoms with Crippen LogP contribution in [-0.4, -0.2) is 22.6 Å². The molecule has 0 aliphatic heterocycles. The van der Waals surface area contributed by atoms with Gasteiger partial charge in [-0.1, -0.05) is 17.8 Å². The molecule has 0 aliphatic rings. The van der Waals surface area contributed by atoms with E-state index in [1.807, 2.05) is 30.8 Å². The fourth-order valence-corrected chi connectivity index (χ4v) is 2.69. The zero-order valence-electron chi connectivity index (χ0n) is 12.7. The number of nitrogens with one attached hydrogen (secondary N) is 1. The molecule has 0 aliphatic carbocycles. The number of halogens is 2. The predicted octanol–water partition coefficient (Wildman–Crippen LogP) is 3.59. The van der Waals surface area contributed by atoms with E-state index in [9.17, 15) is 8.78 Å². The summed E-state index contributed by atoms with van der Waals surface area (Å²) in [5.74, 6) is -1.99. The van der Waals surface area contributed by atoms with Crippen molar-refractivity contribution in [2.75, 3.05) is 7.11 Å². The molecule has 1 N–H and O–H groups in total. The Balaban J connectivity index is 2.06. The highest BCUT2D eigenvalue weighted by atomic mass is 32.2. The summed E-state index contributed by atoms with van der Waals surface area (Å²) >= 11 is 0.493. The number of benzene rings is 1. The Morgan fingerprint density at radius 3 is 2.73 bits per heavy atom. The Kier molecular flexibility index (Phi) is 5.79. The molecule has 7 heteroatoms. The van der Waals surface area contributed by atoms with Gasteiger partial charge in [0.2, 0.25) is 0 Å². The van der Waals surface area contributed by atoms with E-state index < -0.39 is 5.76 Å². The Morgan fingerprint density at radius 2 is 2.14 bits per heavy atom. The van der Waals surface area contributed by atoms with Crippen LogP contribution in [0.2, 0.25) is 0 Å². The summed E-state index contributed by atoms with van der Waals surface area (Å²) in [6.45, 7) is 2.69. The van der Waals surface area contributed by atoms with E-state index in [4.69, 9.17) is 4.74 Å². The highest BCUT2D eigenvalue weighted by molar-refractivity contribution is 7.99. The molecular weight excluding hydrogens is 308 g/mol. The summed E-state index contributed by atoms with van der Waals surface area (Å²) in [6, 6.07) is 7.32. The van der Waals surface area contributed by atoms with E-state index in [0.717, 1.165) is 11.3 Å². The van der Waals surface area contributed by atoms with Crippen LogP contribution in [0.3, 0.4) is 0 Å². The van der Waals surface area contributed by atoms with E-state index in [2.05, 4.69) is 10.4 Å². The Bertz CT molecular complexity index is 619. The van der Waals surface area contributed by atoms with Crippen molar-refractivity contribution in [2.24, 2.45) is 7.05 Å². The van der Waals surface area contributed by atoms with Crippen molar-refractivity contribution in [1.29, 1.82) is 0 Å². The lowest BCUT2D eigenvalue weighted by Crippen LogP contribution is -2.19. The molecule has 1 heterocycles. The van der Waals surface area contributed by atoms with E-state index in [1.165, 1.54) is 7.11 Å². The highest BCUT2D eigenvalue weighted by Gasteiger charge is 2.14. The monoisotopic (exact) mass is 327 g/mol.